The third kappa shape index (κ3) is 9.47. The molecule has 2 amide bonds. The Kier molecular flexibility index (Phi) is 9.05. The monoisotopic (exact) mass is 378 g/mol. The van der Waals surface area contributed by atoms with Gasteiger partial charge in [0.1, 0.15) is 0 Å². The first-order valence-electron chi connectivity index (χ1n) is 6.90. The SMILES string of the molecule is CC(C)NC(=O)CNC(=O)COC(=O)CSCc1ccc(Cl)s1. The lowest BCUT2D eigenvalue weighted by molar-refractivity contribution is -0.146. The van der Waals surface area contributed by atoms with Crippen molar-refractivity contribution in [2.75, 3.05) is 18.9 Å². The van der Waals surface area contributed by atoms with Crippen LogP contribution < -0.4 is 10.6 Å². The van der Waals surface area contributed by atoms with Crippen LogP contribution in [0.3, 0.4) is 0 Å². The molecule has 0 saturated heterocycles. The van der Waals surface area contributed by atoms with Crippen molar-refractivity contribution in [2.45, 2.75) is 25.6 Å². The van der Waals surface area contributed by atoms with E-state index in [4.69, 9.17) is 16.3 Å². The van der Waals surface area contributed by atoms with Crippen LogP contribution in [0.15, 0.2) is 12.1 Å². The summed E-state index contributed by atoms with van der Waals surface area (Å²) in [6.45, 7) is 3.12. The topological polar surface area (TPSA) is 84.5 Å². The average molecular weight is 379 g/mol. The molecule has 0 radical (unpaired) electrons. The number of carbonyl (C=O) groups is 3. The van der Waals surface area contributed by atoms with E-state index < -0.39 is 11.9 Å². The molecule has 1 rings (SSSR count). The fraction of sp³-hybridized carbons (Fsp3) is 0.500. The number of hydrogen-bond acceptors (Lipinski definition) is 6. The van der Waals surface area contributed by atoms with Gasteiger partial charge in [-0.2, -0.15) is 0 Å². The lowest BCUT2D eigenvalue weighted by atomic mass is 10.4. The molecule has 0 aliphatic rings. The zero-order valence-corrected chi connectivity index (χ0v) is 15.3. The van der Waals surface area contributed by atoms with Crippen LogP contribution in [0.4, 0.5) is 0 Å². The fourth-order valence-electron chi connectivity index (χ4n) is 1.45. The molecular weight excluding hydrogens is 360 g/mol. The molecule has 1 aromatic heterocycles. The summed E-state index contributed by atoms with van der Waals surface area (Å²) in [5.41, 5.74) is 0. The number of rotatable bonds is 9. The van der Waals surface area contributed by atoms with Crippen LogP contribution in [0.2, 0.25) is 4.34 Å². The van der Waals surface area contributed by atoms with Gasteiger partial charge in [0.25, 0.3) is 5.91 Å². The Morgan fingerprint density at radius 2 is 2.04 bits per heavy atom. The first kappa shape index (κ1) is 19.8. The summed E-state index contributed by atoms with van der Waals surface area (Å²) in [6, 6.07) is 3.72. The minimum atomic E-state index is -0.507. The van der Waals surface area contributed by atoms with Crippen LogP contribution in [0.1, 0.15) is 18.7 Å². The number of esters is 1. The molecule has 0 aromatic carbocycles. The van der Waals surface area contributed by atoms with Crippen LogP contribution in [-0.4, -0.2) is 42.7 Å². The van der Waals surface area contributed by atoms with E-state index in [1.54, 1.807) is 6.07 Å². The second-order valence-corrected chi connectivity index (χ2v) is 7.64. The van der Waals surface area contributed by atoms with Crippen molar-refractivity contribution < 1.29 is 19.1 Å². The van der Waals surface area contributed by atoms with E-state index in [-0.39, 0.29) is 30.9 Å². The van der Waals surface area contributed by atoms with Crippen molar-refractivity contribution in [3.05, 3.63) is 21.3 Å². The molecule has 0 fully saturated rings. The molecule has 0 saturated carbocycles. The molecule has 6 nitrogen and oxygen atoms in total. The van der Waals surface area contributed by atoms with Gasteiger partial charge in [-0.05, 0) is 26.0 Å². The van der Waals surface area contributed by atoms with Crippen molar-refractivity contribution in [1.29, 1.82) is 0 Å². The predicted molar refractivity (Wildman–Crippen MR) is 92.7 cm³/mol. The summed E-state index contributed by atoms with van der Waals surface area (Å²) >= 11 is 8.66. The summed E-state index contributed by atoms with van der Waals surface area (Å²) in [7, 11) is 0. The number of halogens is 1. The molecular formula is C14H19ClN2O4S2. The maximum atomic E-state index is 11.5. The molecule has 0 spiro atoms. The van der Waals surface area contributed by atoms with Gasteiger partial charge in [0.05, 0.1) is 16.6 Å². The first-order chi connectivity index (χ1) is 10.9. The van der Waals surface area contributed by atoms with Crippen molar-refractivity contribution in [3.63, 3.8) is 0 Å². The molecule has 2 N–H and O–H groups in total. The van der Waals surface area contributed by atoms with Crippen LogP contribution in [0, 0.1) is 0 Å². The van der Waals surface area contributed by atoms with Crippen molar-refractivity contribution in [3.8, 4) is 0 Å². The van der Waals surface area contributed by atoms with Crippen molar-refractivity contribution >= 4 is 52.5 Å². The Bertz CT molecular complexity index is 549. The molecule has 128 valence electrons. The van der Waals surface area contributed by atoms with Crippen LogP contribution in [0.5, 0.6) is 0 Å². The lowest BCUT2D eigenvalue weighted by Crippen LogP contribution is -2.41. The Morgan fingerprint density at radius 3 is 2.65 bits per heavy atom. The summed E-state index contributed by atoms with van der Waals surface area (Å²) in [4.78, 5) is 35.3. The lowest BCUT2D eigenvalue weighted by Gasteiger charge is -2.09. The highest BCUT2D eigenvalue weighted by Gasteiger charge is 2.10. The Balaban J connectivity index is 2.10. The number of hydrogen-bond donors (Lipinski definition) is 2. The second kappa shape index (κ2) is 10.5. The molecule has 1 aromatic rings. The maximum Gasteiger partial charge on any atom is 0.316 e. The second-order valence-electron chi connectivity index (χ2n) is 4.86. The normalized spacial score (nSPS) is 10.4. The molecule has 0 aliphatic heterocycles. The Morgan fingerprint density at radius 1 is 1.30 bits per heavy atom. The van der Waals surface area contributed by atoms with E-state index in [1.165, 1.54) is 23.1 Å². The predicted octanol–water partition coefficient (Wildman–Crippen LogP) is 1.82. The molecule has 0 aliphatic carbocycles. The van der Waals surface area contributed by atoms with Crippen LogP contribution in [0.25, 0.3) is 0 Å². The van der Waals surface area contributed by atoms with Gasteiger partial charge in [-0.25, -0.2) is 0 Å². The van der Waals surface area contributed by atoms with Gasteiger partial charge >= 0.3 is 5.97 Å². The Hall–Kier alpha value is -1.25. The molecule has 0 atom stereocenters. The standard InChI is InChI=1S/C14H19ClN2O4S2/c1-9(2)17-12(18)5-16-13(19)6-21-14(20)8-22-7-10-3-4-11(15)23-10/h3-4,9H,5-8H2,1-2H3,(H,16,19)(H,17,18). The minimum absolute atomic E-state index is 0.00693. The summed E-state index contributed by atoms with van der Waals surface area (Å²) < 4.78 is 5.54. The van der Waals surface area contributed by atoms with E-state index >= 15 is 0 Å². The van der Waals surface area contributed by atoms with E-state index in [0.717, 1.165) is 4.88 Å². The minimum Gasteiger partial charge on any atom is -0.455 e. The van der Waals surface area contributed by atoms with Crippen molar-refractivity contribution in [1.82, 2.24) is 10.6 Å². The molecule has 0 bridgehead atoms. The molecule has 23 heavy (non-hydrogen) atoms. The fourth-order valence-corrected chi connectivity index (χ4v) is 3.47. The maximum absolute atomic E-state index is 11.5. The number of thiophene rings is 1. The molecule has 0 unspecified atom stereocenters. The number of ether oxygens (including phenoxy) is 1. The van der Waals surface area contributed by atoms with Crippen LogP contribution >= 0.6 is 34.7 Å². The Labute approximate surface area is 148 Å². The first-order valence-corrected chi connectivity index (χ1v) is 9.25. The summed E-state index contributed by atoms with van der Waals surface area (Å²) in [5, 5.41) is 5.01. The molecule has 1 heterocycles. The van der Waals surface area contributed by atoms with Gasteiger partial charge in [-0.15, -0.1) is 23.1 Å². The van der Waals surface area contributed by atoms with Gasteiger partial charge in [-0.3, -0.25) is 14.4 Å². The third-order valence-electron chi connectivity index (χ3n) is 2.35. The highest BCUT2D eigenvalue weighted by atomic mass is 35.5. The smallest absolute Gasteiger partial charge is 0.316 e. The van der Waals surface area contributed by atoms with E-state index in [0.29, 0.717) is 10.1 Å². The number of amides is 2. The van der Waals surface area contributed by atoms with E-state index in [2.05, 4.69) is 10.6 Å². The van der Waals surface area contributed by atoms with Gasteiger partial charge in [0.15, 0.2) is 6.61 Å². The van der Waals surface area contributed by atoms with E-state index in [9.17, 15) is 14.4 Å². The number of thioether (sulfide) groups is 1. The van der Waals surface area contributed by atoms with Gasteiger partial charge in [0.2, 0.25) is 5.91 Å². The third-order valence-corrected chi connectivity index (χ3v) is 4.72. The van der Waals surface area contributed by atoms with E-state index in [1.807, 2.05) is 19.9 Å². The highest BCUT2D eigenvalue weighted by molar-refractivity contribution is 7.99. The highest BCUT2D eigenvalue weighted by Crippen LogP contribution is 2.25. The van der Waals surface area contributed by atoms with Gasteiger partial charge in [-0.1, -0.05) is 11.6 Å². The zero-order chi connectivity index (χ0) is 17.2. The summed E-state index contributed by atoms with van der Waals surface area (Å²) in [5.74, 6) is -0.457. The quantitative estimate of drug-likeness (QED) is 0.640. The van der Waals surface area contributed by atoms with Crippen LogP contribution in [-0.2, 0) is 24.9 Å². The van der Waals surface area contributed by atoms with Crippen molar-refractivity contribution in [2.24, 2.45) is 0 Å². The number of carbonyl (C=O) groups excluding carboxylic acids is 3. The summed E-state index contributed by atoms with van der Waals surface area (Å²) in [6.07, 6.45) is 0. The zero-order valence-electron chi connectivity index (χ0n) is 12.9. The molecule has 9 heteroatoms. The average Bonchev–Trinajstić information content (AvgIpc) is 2.88. The largest absolute Gasteiger partial charge is 0.455 e. The van der Waals surface area contributed by atoms with Gasteiger partial charge in [0, 0.05) is 16.7 Å². The van der Waals surface area contributed by atoms with Gasteiger partial charge < -0.3 is 15.4 Å². The number of nitrogens with one attached hydrogen (secondary N) is 2.